The number of aromatic amines is 1. The zero-order valence-corrected chi connectivity index (χ0v) is 19.8. The number of ketones is 1. The summed E-state index contributed by atoms with van der Waals surface area (Å²) < 4.78 is 5.89. The first kappa shape index (κ1) is 21.5. The van der Waals surface area contributed by atoms with Crippen LogP contribution < -0.4 is 0 Å². The molecule has 3 aliphatic rings. The van der Waals surface area contributed by atoms with E-state index in [1.165, 1.54) is 12.0 Å². The van der Waals surface area contributed by atoms with Gasteiger partial charge in [-0.15, -0.1) is 0 Å². The standard InChI is InChI=1S/C26H35N3O3/c1-15-22-20(6-5-7-21(22)30)27-23(15)25(31)29-12-10-16(11-13-29)24-18-14-17(26(2,3)4)8-9-19(18)28-32-24/h16-17,27H,5-14H2,1-4H3/t17-/m1/s1. The molecule has 0 spiro atoms. The van der Waals surface area contributed by atoms with Gasteiger partial charge in [0.25, 0.3) is 5.91 Å². The maximum absolute atomic E-state index is 13.3. The minimum Gasteiger partial charge on any atom is -0.361 e. The van der Waals surface area contributed by atoms with Gasteiger partial charge in [-0.3, -0.25) is 9.59 Å². The number of rotatable bonds is 2. The minimum absolute atomic E-state index is 0.0237. The molecule has 1 N–H and O–H groups in total. The molecule has 0 saturated carbocycles. The quantitative estimate of drug-likeness (QED) is 0.717. The Hall–Kier alpha value is -2.37. The first-order valence-corrected chi connectivity index (χ1v) is 12.2. The SMILES string of the molecule is Cc1c(C(=O)N2CCC(c3onc4c3C[C@H](C(C)(C)C)CC4)CC2)[nH]c2c1C(=O)CCC2. The zero-order chi connectivity index (χ0) is 22.6. The maximum atomic E-state index is 13.3. The highest BCUT2D eigenvalue weighted by Crippen LogP contribution is 2.41. The van der Waals surface area contributed by atoms with E-state index in [0.717, 1.165) is 66.8 Å². The molecule has 6 nitrogen and oxygen atoms in total. The smallest absolute Gasteiger partial charge is 0.270 e. The van der Waals surface area contributed by atoms with Gasteiger partial charge in [-0.2, -0.15) is 0 Å². The summed E-state index contributed by atoms with van der Waals surface area (Å²) in [7, 11) is 0. The van der Waals surface area contributed by atoms with Crippen LogP contribution in [0.2, 0.25) is 0 Å². The molecule has 6 heteroatoms. The second kappa shape index (κ2) is 7.89. The van der Waals surface area contributed by atoms with Crippen LogP contribution in [0.25, 0.3) is 0 Å². The number of aryl methyl sites for hydroxylation is 2. The van der Waals surface area contributed by atoms with Crippen LogP contribution in [0.4, 0.5) is 0 Å². The highest BCUT2D eigenvalue weighted by atomic mass is 16.5. The number of aromatic nitrogens is 2. The van der Waals surface area contributed by atoms with E-state index in [4.69, 9.17) is 4.52 Å². The van der Waals surface area contributed by atoms with Crippen molar-refractivity contribution in [3.8, 4) is 0 Å². The molecule has 1 fully saturated rings. The Bertz CT molecular complexity index is 1050. The third kappa shape index (κ3) is 3.61. The van der Waals surface area contributed by atoms with Crippen LogP contribution >= 0.6 is 0 Å². The van der Waals surface area contributed by atoms with Gasteiger partial charge in [0, 0.05) is 42.2 Å². The van der Waals surface area contributed by atoms with Crippen molar-refractivity contribution in [3.63, 3.8) is 0 Å². The fourth-order valence-corrected chi connectivity index (χ4v) is 5.98. The summed E-state index contributed by atoms with van der Waals surface area (Å²) in [4.78, 5) is 30.8. The summed E-state index contributed by atoms with van der Waals surface area (Å²) in [5.74, 6) is 2.24. The number of carbonyl (C=O) groups excluding carboxylic acids is 2. The van der Waals surface area contributed by atoms with Crippen LogP contribution in [0, 0.1) is 18.3 Å². The predicted octanol–water partition coefficient (Wildman–Crippen LogP) is 5.00. The number of carbonyl (C=O) groups is 2. The molecule has 0 aromatic carbocycles. The van der Waals surface area contributed by atoms with Gasteiger partial charge in [0.1, 0.15) is 11.5 Å². The van der Waals surface area contributed by atoms with E-state index in [1.54, 1.807) is 0 Å². The number of nitrogens with zero attached hydrogens (tertiary/aromatic N) is 2. The Balaban J connectivity index is 1.29. The van der Waals surface area contributed by atoms with Gasteiger partial charge in [-0.05, 0) is 68.8 Å². The van der Waals surface area contributed by atoms with Crippen molar-refractivity contribution >= 4 is 11.7 Å². The van der Waals surface area contributed by atoms with E-state index < -0.39 is 0 Å². The predicted molar refractivity (Wildman–Crippen MR) is 122 cm³/mol. The van der Waals surface area contributed by atoms with Gasteiger partial charge >= 0.3 is 0 Å². The highest BCUT2D eigenvalue weighted by molar-refractivity contribution is 6.04. The Kier molecular flexibility index (Phi) is 5.30. The molecule has 0 radical (unpaired) electrons. The number of likely N-dealkylation sites (tertiary alicyclic amines) is 1. The molecule has 1 amide bonds. The van der Waals surface area contributed by atoms with E-state index in [1.807, 2.05) is 11.8 Å². The summed E-state index contributed by atoms with van der Waals surface area (Å²) in [6.07, 6.45) is 7.33. The first-order valence-electron chi connectivity index (χ1n) is 12.2. The molecule has 32 heavy (non-hydrogen) atoms. The number of nitrogens with one attached hydrogen (secondary N) is 1. The largest absolute Gasteiger partial charge is 0.361 e. The lowest BCUT2D eigenvalue weighted by atomic mass is 9.71. The lowest BCUT2D eigenvalue weighted by molar-refractivity contribution is 0.0699. The van der Waals surface area contributed by atoms with Gasteiger partial charge in [-0.1, -0.05) is 25.9 Å². The zero-order valence-electron chi connectivity index (χ0n) is 19.8. The van der Waals surface area contributed by atoms with Crippen LogP contribution in [0.3, 0.4) is 0 Å². The van der Waals surface area contributed by atoms with Crippen LogP contribution in [0.15, 0.2) is 4.52 Å². The van der Waals surface area contributed by atoms with E-state index in [2.05, 4.69) is 30.9 Å². The third-order valence-corrected chi connectivity index (χ3v) is 8.11. The fraction of sp³-hybridized carbons (Fsp3) is 0.654. The number of Topliss-reactive ketones (excluding diaryl/α,β-unsaturated/α-hetero) is 1. The Morgan fingerprint density at radius 1 is 1.12 bits per heavy atom. The molecule has 172 valence electrons. The molecule has 2 aromatic rings. The summed E-state index contributed by atoms with van der Waals surface area (Å²) in [6, 6.07) is 0. The lowest BCUT2D eigenvalue weighted by Gasteiger charge is -2.35. The monoisotopic (exact) mass is 437 g/mol. The van der Waals surface area contributed by atoms with E-state index >= 15 is 0 Å². The van der Waals surface area contributed by atoms with Crippen LogP contribution in [-0.2, 0) is 19.3 Å². The van der Waals surface area contributed by atoms with Gasteiger partial charge < -0.3 is 14.4 Å². The second-order valence-electron chi connectivity index (χ2n) is 11.1. The van der Waals surface area contributed by atoms with Crippen molar-refractivity contribution in [1.29, 1.82) is 0 Å². The molecule has 0 bridgehead atoms. The number of hydrogen-bond donors (Lipinski definition) is 1. The van der Waals surface area contributed by atoms with Crippen LogP contribution in [0.5, 0.6) is 0 Å². The fourth-order valence-electron chi connectivity index (χ4n) is 5.98. The number of H-pyrrole nitrogens is 1. The van der Waals surface area contributed by atoms with Gasteiger partial charge in [0.05, 0.1) is 5.69 Å². The Morgan fingerprint density at radius 3 is 2.56 bits per heavy atom. The highest BCUT2D eigenvalue weighted by Gasteiger charge is 2.36. The molecule has 1 aliphatic heterocycles. The van der Waals surface area contributed by atoms with Crippen molar-refractivity contribution in [1.82, 2.24) is 15.0 Å². The molecular weight excluding hydrogens is 402 g/mol. The van der Waals surface area contributed by atoms with Gasteiger partial charge in [-0.25, -0.2) is 0 Å². The van der Waals surface area contributed by atoms with Crippen molar-refractivity contribution in [2.45, 2.75) is 85.0 Å². The lowest BCUT2D eigenvalue weighted by Crippen LogP contribution is -2.38. The third-order valence-electron chi connectivity index (χ3n) is 8.11. The molecule has 1 atom stereocenters. The summed E-state index contributed by atoms with van der Waals surface area (Å²) in [5, 5.41) is 4.41. The van der Waals surface area contributed by atoms with Crippen molar-refractivity contribution in [2.24, 2.45) is 11.3 Å². The topological polar surface area (TPSA) is 79.2 Å². The van der Waals surface area contributed by atoms with Crippen molar-refractivity contribution in [3.05, 3.63) is 39.5 Å². The van der Waals surface area contributed by atoms with Crippen molar-refractivity contribution in [2.75, 3.05) is 13.1 Å². The number of hydrogen-bond acceptors (Lipinski definition) is 4. The number of piperidine rings is 1. The molecule has 0 unspecified atom stereocenters. The first-order chi connectivity index (χ1) is 15.2. The minimum atomic E-state index is 0.0237. The van der Waals surface area contributed by atoms with E-state index in [0.29, 0.717) is 37.0 Å². The average molecular weight is 438 g/mol. The second-order valence-corrected chi connectivity index (χ2v) is 11.1. The van der Waals surface area contributed by atoms with Crippen molar-refractivity contribution < 1.29 is 14.1 Å². The Labute approximate surface area is 190 Å². The van der Waals surface area contributed by atoms with E-state index in [9.17, 15) is 9.59 Å². The average Bonchev–Trinajstić information content (AvgIpc) is 3.34. The van der Waals surface area contributed by atoms with Gasteiger partial charge in [0.2, 0.25) is 0 Å². The molecule has 3 heterocycles. The summed E-state index contributed by atoms with van der Waals surface area (Å²) in [6.45, 7) is 10.3. The van der Waals surface area contributed by atoms with Gasteiger partial charge in [0.15, 0.2) is 5.78 Å². The van der Waals surface area contributed by atoms with E-state index in [-0.39, 0.29) is 17.1 Å². The molecule has 1 saturated heterocycles. The summed E-state index contributed by atoms with van der Waals surface area (Å²) in [5.41, 5.74) is 5.91. The molecule has 5 rings (SSSR count). The summed E-state index contributed by atoms with van der Waals surface area (Å²) >= 11 is 0. The molecular formula is C26H35N3O3. The number of fused-ring (bicyclic) bond motifs is 2. The number of amides is 1. The normalized spacial score (nSPS) is 22.1. The molecule has 2 aliphatic carbocycles. The molecule has 2 aromatic heterocycles. The Morgan fingerprint density at radius 2 is 1.88 bits per heavy atom. The van der Waals surface area contributed by atoms with Crippen LogP contribution in [0.1, 0.15) is 108 Å². The van der Waals surface area contributed by atoms with Crippen LogP contribution in [-0.4, -0.2) is 39.8 Å². The maximum Gasteiger partial charge on any atom is 0.270 e.